The normalized spacial score (nSPS) is 11.9. The van der Waals surface area contributed by atoms with Crippen LogP contribution in [0.5, 0.6) is 0 Å². The molecule has 0 atom stereocenters. The van der Waals surface area contributed by atoms with E-state index in [1.54, 1.807) is 0 Å². The van der Waals surface area contributed by atoms with Crippen LogP contribution in [0.2, 0.25) is 0 Å². The smallest absolute Gasteiger partial charge is 0.0971 e. The molecule has 0 unspecified atom stereocenters. The van der Waals surface area contributed by atoms with E-state index in [9.17, 15) is 0 Å². The monoisotopic (exact) mass is 521 g/mol. The van der Waals surface area contributed by atoms with E-state index in [-0.39, 0.29) is 0 Å². The summed E-state index contributed by atoms with van der Waals surface area (Å²) in [5.74, 6) is 0. The van der Waals surface area contributed by atoms with Gasteiger partial charge in [-0.3, -0.25) is 9.97 Å². The maximum Gasteiger partial charge on any atom is 0.0971 e. The molecule has 0 aliphatic heterocycles. The average molecular weight is 522 g/mol. The molecule has 8 aromatic rings. The van der Waals surface area contributed by atoms with E-state index >= 15 is 0 Å². The zero-order valence-corrected chi connectivity index (χ0v) is 22.1. The van der Waals surface area contributed by atoms with Gasteiger partial charge in [0.25, 0.3) is 0 Å². The van der Waals surface area contributed by atoms with E-state index in [0.717, 1.165) is 33.4 Å². The van der Waals surface area contributed by atoms with Crippen molar-refractivity contribution in [3.05, 3.63) is 140 Å². The number of benzene rings is 5. The molecular formula is C38H23N3. The van der Waals surface area contributed by atoms with E-state index in [2.05, 4.69) is 120 Å². The molecule has 0 bridgehead atoms. The van der Waals surface area contributed by atoms with Gasteiger partial charge in [-0.1, -0.05) is 91.0 Å². The molecule has 1 aliphatic rings. The number of hydrogen-bond donors (Lipinski definition) is 0. The van der Waals surface area contributed by atoms with Crippen molar-refractivity contribution in [3.63, 3.8) is 0 Å². The second kappa shape index (κ2) is 8.48. The van der Waals surface area contributed by atoms with E-state index in [0.29, 0.717) is 0 Å². The fourth-order valence-electron chi connectivity index (χ4n) is 6.72. The summed E-state index contributed by atoms with van der Waals surface area (Å²) in [6.07, 6.45) is 3.91. The second-order valence-corrected chi connectivity index (χ2v) is 10.6. The lowest BCUT2D eigenvalue weighted by Gasteiger charge is -2.24. The van der Waals surface area contributed by atoms with Crippen molar-refractivity contribution in [1.82, 2.24) is 14.5 Å². The highest BCUT2D eigenvalue weighted by atomic mass is 15.0. The molecular weight excluding hydrogens is 498 g/mol. The number of pyridine rings is 2. The van der Waals surface area contributed by atoms with Crippen LogP contribution in [0.4, 0.5) is 0 Å². The Morgan fingerprint density at radius 1 is 0.439 bits per heavy atom. The fourth-order valence-corrected chi connectivity index (χ4v) is 6.72. The van der Waals surface area contributed by atoms with Gasteiger partial charge in [0.15, 0.2) is 0 Å². The van der Waals surface area contributed by atoms with Crippen LogP contribution in [0, 0.1) is 0 Å². The summed E-state index contributed by atoms with van der Waals surface area (Å²) in [6, 6.07) is 45.7. The largest absolute Gasteiger partial charge is 0.309 e. The zero-order chi connectivity index (χ0) is 26.9. The SMILES string of the molecule is c1ccc2c(c1)-c1ccc(-n3c4ccccc4c4ccccc43)cc1-c1cnc3cccnc3c1-c1ccccc1-2. The molecule has 9 rings (SSSR count). The number of fused-ring (bicyclic) bond motifs is 13. The van der Waals surface area contributed by atoms with Crippen molar-refractivity contribution in [2.75, 3.05) is 0 Å². The molecule has 0 radical (unpaired) electrons. The minimum atomic E-state index is 0.898. The molecule has 41 heavy (non-hydrogen) atoms. The van der Waals surface area contributed by atoms with Gasteiger partial charge in [0.2, 0.25) is 0 Å². The third-order valence-corrected chi connectivity index (χ3v) is 8.46. The Balaban J connectivity index is 1.44. The highest BCUT2D eigenvalue weighted by molar-refractivity contribution is 6.11. The molecule has 3 heterocycles. The van der Waals surface area contributed by atoms with Crippen LogP contribution < -0.4 is 0 Å². The molecule has 1 aliphatic carbocycles. The first-order chi connectivity index (χ1) is 20.4. The van der Waals surface area contributed by atoms with Crippen molar-refractivity contribution in [1.29, 1.82) is 0 Å². The van der Waals surface area contributed by atoms with Gasteiger partial charge < -0.3 is 4.57 Å². The van der Waals surface area contributed by atoms with Crippen LogP contribution in [0.1, 0.15) is 0 Å². The van der Waals surface area contributed by atoms with Gasteiger partial charge >= 0.3 is 0 Å². The van der Waals surface area contributed by atoms with Crippen LogP contribution in [0.15, 0.2) is 140 Å². The Bertz CT molecular complexity index is 2270. The third-order valence-electron chi connectivity index (χ3n) is 8.46. The summed E-state index contributed by atoms with van der Waals surface area (Å²) >= 11 is 0. The lowest BCUT2D eigenvalue weighted by molar-refractivity contribution is 1.18. The van der Waals surface area contributed by atoms with Gasteiger partial charge in [-0.2, -0.15) is 0 Å². The van der Waals surface area contributed by atoms with Gasteiger partial charge in [0.05, 0.1) is 22.1 Å². The zero-order valence-electron chi connectivity index (χ0n) is 22.1. The van der Waals surface area contributed by atoms with Crippen molar-refractivity contribution < 1.29 is 0 Å². The van der Waals surface area contributed by atoms with Gasteiger partial charge in [0, 0.05) is 40.0 Å². The maximum atomic E-state index is 4.92. The summed E-state index contributed by atoms with van der Waals surface area (Å²) in [6.45, 7) is 0. The lowest BCUT2D eigenvalue weighted by atomic mass is 9.81. The highest BCUT2D eigenvalue weighted by Crippen LogP contribution is 2.49. The predicted octanol–water partition coefficient (Wildman–Crippen LogP) is 9.71. The topological polar surface area (TPSA) is 30.7 Å². The van der Waals surface area contributed by atoms with E-state index in [4.69, 9.17) is 9.97 Å². The molecule has 0 amide bonds. The van der Waals surface area contributed by atoms with Gasteiger partial charge in [-0.15, -0.1) is 0 Å². The minimum absolute atomic E-state index is 0.898. The molecule has 0 N–H and O–H groups in total. The molecule has 0 saturated carbocycles. The molecule has 0 saturated heterocycles. The molecule has 3 aromatic heterocycles. The molecule has 5 aromatic carbocycles. The van der Waals surface area contributed by atoms with E-state index < -0.39 is 0 Å². The van der Waals surface area contributed by atoms with Crippen LogP contribution in [-0.4, -0.2) is 14.5 Å². The Morgan fingerprint density at radius 3 is 1.73 bits per heavy atom. The summed E-state index contributed by atoms with van der Waals surface area (Å²) in [5, 5.41) is 2.51. The predicted molar refractivity (Wildman–Crippen MR) is 169 cm³/mol. The molecule has 3 heteroatoms. The van der Waals surface area contributed by atoms with Crippen LogP contribution in [-0.2, 0) is 0 Å². The first kappa shape index (κ1) is 22.3. The number of hydrogen-bond acceptors (Lipinski definition) is 2. The first-order valence-corrected chi connectivity index (χ1v) is 13.9. The molecule has 0 fully saturated rings. The number of para-hydroxylation sites is 2. The van der Waals surface area contributed by atoms with Crippen molar-refractivity contribution in [2.24, 2.45) is 0 Å². The van der Waals surface area contributed by atoms with Crippen LogP contribution in [0.3, 0.4) is 0 Å². The number of nitrogens with zero attached hydrogens (tertiary/aromatic N) is 3. The average Bonchev–Trinajstić information content (AvgIpc) is 3.38. The summed E-state index contributed by atoms with van der Waals surface area (Å²) in [4.78, 5) is 9.80. The van der Waals surface area contributed by atoms with Crippen molar-refractivity contribution in [2.45, 2.75) is 0 Å². The van der Waals surface area contributed by atoms with Crippen molar-refractivity contribution in [3.8, 4) is 50.2 Å². The summed E-state index contributed by atoms with van der Waals surface area (Å²) in [5.41, 5.74) is 14.7. The van der Waals surface area contributed by atoms with Crippen molar-refractivity contribution >= 4 is 32.8 Å². The Labute approximate surface area is 237 Å². The fraction of sp³-hybridized carbons (Fsp3) is 0. The van der Waals surface area contributed by atoms with Crippen LogP contribution in [0.25, 0.3) is 83.0 Å². The number of aromatic nitrogens is 3. The molecule has 0 spiro atoms. The minimum Gasteiger partial charge on any atom is -0.309 e. The van der Waals surface area contributed by atoms with E-state index in [1.165, 1.54) is 49.6 Å². The number of rotatable bonds is 1. The lowest BCUT2D eigenvalue weighted by Crippen LogP contribution is -2.01. The van der Waals surface area contributed by atoms with Gasteiger partial charge in [-0.25, -0.2) is 0 Å². The summed E-state index contributed by atoms with van der Waals surface area (Å²) in [7, 11) is 0. The standard InChI is InChI=1S/C38H23N3/c1-2-11-26-25(10-1)27-12-3-4-15-31(27)37-33(23-40-34-16-9-21-39-38(34)37)32-22-24(19-20-28(26)32)41-35-17-7-5-13-29(35)30-14-6-8-18-36(30)41/h1-23H. The third kappa shape index (κ3) is 3.14. The maximum absolute atomic E-state index is 4.92. The van der Waals surface area contributed by atoms with Crippen LogP contribution >= 0.6 is 0 Å². The quantitative estimate of drug-likeness (QED) is 0.215. The molecule has 190 valence electrons. The molecule has 3 nitrogen and oxygen atoms in total. The Hall–Kier alpha value is -5.54. The highest BCUT2D eigenvalue weighted by Gasteiger charge is 2.25. The van der Waals surface area contributed by atoms with E-state index in [1.807, 2.05) is 24.5 Å². The summed E-state index contributed by atoms with van der Waals surface area (Å²) < 4.78 is 2.38. The van der Waals surface area contributed by atoms with Gasteiger partial charge in [0.1, 0.15) is 0 Å². The Morgan fingerprint density at radius 2 is 1.02 bits per heavy atom. The second-order valence-electron chi connectivity index (χ2n) is 10.6. The first-order valence-electron chi connectivity index (χ1n) is 13.9. The van der Waals surface area contributed by atoms with Gasteiger partial charge in [-0.05, 0) is 69.8 Å². The Kier molecular flexibility index (Phi) is 4.61.